The van der Waals surface area contributed by atoms with Gasteiger partial charge in [-0.15, -0.1) is 0 Å². The molecule has 1 aliphatic rings. The fourth-order valence-corrected chi connectivity index (χ4v) is 2.75. The number of anilines is 1. The summed E-state index contributed by atoms with van der Waals surface area (Å²) in [7, 11) is 0. The molecular formula is C17H22N4O2. The maximum absolute atomic E-state index is 11.7. The monoisotopic (exact) mass is 314 g/mol. The predicted octanol–water partition coefficient (Wildman–Crippen LogP) is 1.69. The van der Waals surface area contributed by atoms with E-state index < -0.39 is 0 Å². The Morgan fingerprint density at radius 3 is 2.61 bits per heavy atom. The van der Waals surface area contributed by atoms with Gasteiger partial charge in [0.25, 0.3) is 5.56 Å². The maximum Gasteiger partial charge on any atom is 0.282 e. The van der Waals surface area contributed by atoms with Crippen molar-refractivity contribution in [2.45, 2.75) is 38.7 Å². The van der Waals surface area contributed by atoms with Crippen LogP contribution in [0, 0.1) is 0 Å². The van der Waals surface area contributed by atoms with Crippen LogP contribution in [-0.2, 0) is 6.42 Å². The zero-order valence-electron chi connectivity index (χ0n) is 13.4. The quantitative estimate of drug-likeness (QED) is 0.840. The third-order valence-corrected chi connectivity index (χ3v) is 4.01. The number of nitrogens with zero attached hydrogens (tertiary/aromatic N) is 4. The van der Waals surface area contributed by atoms with Gasteiger partial charge < -0.3 is 9.74 Å². The standard InChI is InChI=1S/C17H22N4O2/c1-2-5-14-12-18-17(19-13-14)20-10-7-15(8-11-20)23-21-9-4-3-6-16(21)22/h3-4,6,9,12-13,15H,2,5,7-8,10-11H2,1H3. The van der Waals surface area contributed by atoms with E-state index in [1.54, 1.807) is 18.3 Å². The molecule has 0 unspecified atom stereocenters. The number of hydrogen-bond acceptors (Lipinski definition) is 5. The molecule has 1 aliphatic heterocycles. The molecule has 3 heterocycles. The number of aromatic nitrogens is 3. The summed E-state index contributed by atoms with van der Waals surface area (Å²) in [5.74, 6) is 0.778. The van der Waals surface area contributed by atoms with Crippen molar-refractivity contribution in [1.82, 2.24) is 14.7 Å². The zero-order chi connectivity index (χ0) is 16.1. The first-order chi connectivity index (χ1) is 11.3. The van der Waals surface area contributed by atoms with Gasteiger partial charge in [-0.3, -0.25) is 4.79 Å². The Bertz CT molecular complexity index is 675. The molecule has 0 amide bonds. The third kappa shape index (κ3) is 3.88. The van der Waals surface area contributed by atoms with Crippen molar-refractivity contribution < 1.29 is 4.84 Å². The smallest absolute Gasteiger partial charge is 0.282 e. The molecule has 6 nitrogen and oxygen atoms in total. The summed E-state index contributed by atoms with van der Waals surface area (Å²) in [5.41, 5.74) is 1.04. The zero-order valence-corrected chi connectivity index (χ0v) is 13.4. The molecule has 2 aromatic heterocycles. The van der Waals surface area contributed by atoms with Crippen molar-refractivity contribution in [3.63, 3.8) is 0 Å². The molecule has 2 aromatic rings. The first-order valence-corrected chi connectivity index (χ1v) is 8.17. The normalized spacial score (nSPS) is 15.6. The molecule has 0 spiro atoms. The van der Waals surface area contributed by atoms with Crippen LogP contribution < -0.4 is 15.3 Å². The van der Waals surface area contributed by atoms with Gasteiger partial charge in [-0.2, -0.15) is 4.73 Å². The van der Waals surface area contributed by atoms with Crippen molar-refractivity contribution in [3.8, 4) is 0 Å². The summed E-state index contributed by atoms with van der Waals surface area (Å²) in [6.07, 6.45) is 9.35. The van der Waals surface area contributed by atoms with Gasteiger partial charge in [0.05, 0.1) is 0 Å². The summed E-state index contributed by atoms with van der Waals surface area (Å²) in [5, 5.41) is 0. The lowest BCUT2D eigenvalue weighted by molar-refractivity contribution is 0.0165. The van der Waals surface area contributed by atoms with Gasteiger partial charge in [0.2, 0.25) is 5.95 Å². The van der Waals surface area contributed by atoms with E-state index in [0.29, 0.717) is 0 Å². The van der Waals surface area contributed by atoms with E-state index in [1.807, 2.05) is 12.4 Å². The molecule has 122 valence electrons. The minimum Gasteiger partial charge on any atom is -0.407 e. The van der Waals surface area contributed by atoms with E-state index in [1.165, 1.54) is 16.4 Å². The number of rotatable bonds is 5. The molecule has 0 bridgehead atoms. The molecule has 3 rings (SSSR count). The minimum absolute atomic E-state index is 0.0470. The lowest BCUT2D eigenvalue weighted by atomic mass is 10.1. The van der Waals surface area contributed by atoms with Gasteiger partial charge in [-0.05, 0) is 18.1 Å². The maximum atomic E-state index is 11.7. The molecular weight excluding hydrogens is 292 g/mol. The van der Waals surface area contributed by atoms with Crippen molar-refractivity contribution in [2.24, 2.45) is 0 Å². The summed E-state index contributed by atoms with van der Waals surface area (Å²) in [6.45, 7) is 3.81. The van der Waals surface area contributed by atoms with Crippen LogP contribution in [-0.4, -0.2) is 33.9 Å². The number of hydrogen-bond donors (Lipinski definition) is 0. The van der Waals surface area contributed by atoms with E-state index in [4.69, 9.17) is 4.84 Å². The van der Waals surface area contributed by atoms with Crippen LogP contribution in [0.25, 0.3) is 0 Å². The summed E-state index contributed by atoms with van der Waals surface area (Å²) < 4.78 is 1.32. The van der Waals surface area contributed by atoms with Gasteiger partial charge in [-0.25, -0.2) is 9.97 Å². The van der Waals surface area contributed by atoms with Crippen LogP contribution in [0.5, 0.6) is 0 Å². The van der Waals surface area contributed by atoms with E-state index in [-0.39, 0.29) is 11.7 Å². The highest BCUT2D eigenvalue weighted by atomic mass is 16.7. The van der Waals surface area contributed by atoms with Gasteiger partial charge >= 0.3 is 0 Å². The summed E-state index contributed by atoms with van der Waals surface area (Å²) >= 11 is 0. The Hall–Kier alpha value is -2.37. The predicted molar refractivity (Wildman–Crippen MR) is 88.5 cm³/mol. The molecule has 0 saturated carbocycles. The van der Waals surface area contributed by atoms with Gasteiger partial charge in [0, 0.05) is 50.6 Å². The lowest BCUT2D eigenvalue weighted by Gasteiger charge is -2.31. The largest absolute Gasteiger partial charge is 0.407 e. The average Bonchev–Trinajstić information content (AvgIpc) is 2.59. The van der Waals surface area contributed by atoms with E-state index >= 15 is 0 Å². The van der Waals surface area contributed by atoms with Gasteiger partial charge in [0.1, 0.15) is 6.10 Å². The minimum atomic E-state index is -0.134. The first-order valence-electron chi connectivity index (χ1n) is 8.17. The second-order valence-corrected chi connectivity index (χ2v) is 5.80. The molecule has 0 atom stereocenters. The number of piperidine rings is 1. The second kappa shape index (κ2) is 7.26. The topological polar surface area (TPSA) is 60.2 Å². The second-order valence-electron chi connectivity index (χ2n) is 5.80. The lowest BCUT2D eigenvalue weighted by Crippen LogP contribution is -2.43. The van der Waals surface area contributed by atoms with Crippen LogP contribution >= 0.6 is 0 Å². The molecule has 6 heteroatoms. The average molecular weight is 314 g/mol. The SMILES string of the molecule is CCCc1cnc(N2CCC(On3ccccc3=O)CC2)nc1. The molecule has 1 saturated heterocycles. The van der Waals surface area contributed by atoms with Gasteiger partial charge in [0.15, 0.2) is 0 Å². The molecule has 0 N–H and O–H groups in total. The van der Waals surface area contributed by atoms with Crippen LogP contribution in [0.3, 0.4) is 0 Å². The van der Waals surface area contributed by atoms with Crippen LogP contribution in [0.15, 0.2) is 41.6 Å². The molecule has 0 aromatic carbocycles. The Labute approximate surface area is 135 Å². The Morgan fingerprint density at radius 2 is 1.96 bits per heavy atom. The molecule has 1 fully saturated rings. The highest BCUT2D eigenvalue weighted by Crippen LogP contribution is 2.16. The van der Waals surface area contributed by atoms with Crippen molar-refractivity contribution >= 4 is 5.95 Å². The summed E-state index contributed by atoms with van der Waals surface area (Å²) in [4.78, 5) is 28.5. The fraction of sp³-hybridized carbons (Fsp3) is 0.471. The highest BCUT2D eigenvalue weighted by molar-refractivity contribution is 5.30. The van der Waals surface area contributed by atoms with Crippen molar-refractivity contribution in [2.75, 3.05) is 18.0 Å². The van der Waals surface area contributed by atoms with Crippen LogP contribution in [0.4, 0.5) is 5.95 Å². The Kier molecular flexibility index (Phi) is 4.90. The Morgan fingerprint density at radius 1 is 1.22 bits per heavy atom. The van der Waals surface area contributed by atoms with E-state index in [9.17, 15) is 4.79 Å². The molecule has 0 radical (unpaired) electrons. The van der Waals surface area contributed by atoms with Crippen molar-refractivity contribution in [3.05, 3.63) is 52.7 Å². The van der Waals surface area contributed by atoms with E-state index in [0.717, 1.165) is 44.7 Å². The fourth-order valence-electron chi connectivity index (χ4n) is 2.75. The molecule has 0 aliphatic carbocycles. The molecule has 23 heavy (non-hydrogen) atoms. The van der Waals surface area contributed by atoms with Crippen LogP contribution in [0.2, 0.25) is 0 Å². The third-order valence-electron chi connectivity index (χ3n) is 4.01. The van der Waals surface area contributed by atoms with Crippen molar-refractivity contribution in [1.29, 1.82) is 0 Å². The first kappa shape index (κ1) is 15.5. The van der Waals surface area contributed by atoms with E-state index in [2.05, 4.69) is 21.8 Å². The van der Waals surface area contributed by atoms with Gasteiger partial charge in [-0.1, -0.05) is 19.4 Å². The number of pyridine rings is 1. The summed E-state index contributed by atoms with van der Waals surface area (Å²) in [6, 6.07) is 5.01. The highest BCUT2D eigenvalue weighted by Gasteiger charge is 2.22. The Balaban J connectivity index is 1.56. The van der Waals surface area contributed by atoms with Crippen LogP contribution in [0.1, 0.15) is 31.7 Å². The number of aryl methyl sites for hydroxylation is 1.